The molecule has 0 atom stereocenters. The number of aryl methyl sites for hydroxylation is 1. The first-order valence-corrected chi connectivity index (χ1v) is 4.58. The molecule has 15 heavy (non-hydrogen) atoms. The third-order valence-electron chi connectivity index (χ3n) is 1.68. The van der Waals surface area contributed by atoms with Crippen LogP contribution >= 0.6 is 12.2 Å². The lowest BCUT2D eigenvalue weighted by atomic mass is 10.4. The lowest BCUT2D eigenvalue weighted by Crippen LogP contribution is -2.12. The maximum absolute atomic E-state index is 5.38. The van der Waals surface area contributed by atoms with E-state index in [9.17, 15) is 0 Å². The monoisotopic (exact) mass is 220 g/mol. The Bertz CT molecular complexity index is 488. The third-order valence-corrected chi connectivity index (χ3v) is 1.87. The first-order valence-electron chi connectivity index (χ1n) is 4.17. The summed E-state index contributed by atoms with van der Waals surface area (Å²) >= 11 is 4.74. The van der Waals surface area contributed by atoms with Crippen molar-refractivity contribution in [2.45, 2.75) is 6.92 Å². The van der Waals surface area contributed by atoms with Gasteiger partial charge in [0, 0.05) is 12.4 Å². The van der Waals surface area contributed by atoms with E-state index in [1.165, 1.54) is 11.0 Å². The van der Waals surface area contributed by atoms with Gasteiger partial charge in [0.05, 0.1) is 0 Å². The molecule has 2 N–H and O–H groups in total. The maximum Gasteiger partial charge on any atom is 0.251 e. The molecule has 2 aromatic heterocycles. The van der Waals surface area contributed by atoms with Crippen molar-refractivity contribution >= 4 is 17.2 Å². The van der Waals surface area contributed by atoms with Crippen LogP contribution in [0.5, 0.6) is 0 Å². The summed E-state index contributed by atoms with van der Waals surface area (Å²) in [5.74, 6) is 0.754. The van der Waals surface area contributed by atoms with Crippen molar-refractivity contribution < 1.29 is 0 Å². The summed E-state index contributed by atoms with van der Waals surface area (Å²) in [6.45, 7) is 1.91. The van der Waals surface area contributed by atoms with Gasteiger partial charge in [-0.25, -0.2) is 15.0 Å². The minimum atomic E-state index is 0.154. The molecule has 0 unspecified atom stereocenters. The van der Waals surface area contributed by atoms with E-state index in [-0.39, 0.29) is 4.99 Å². The molecule has 0 fully saturated rings. The van der Waals surface area contributed by atoms with Gasteiger partial charge in [-0.3, -0.25) is 0 Å². The van der Waals surface area contributed by atoms with Crippen LogP contribution in [0.4, 0.5) is 0 Å². The van der Waals surface area contributed by atoms with Crippen molar-refractivity contribution in [2.24, 2.45) is 5.73 Å². The fourth-order valence-electron chi connectivity index (χ4n) is 0.976. The highest BCUT2D eigenvalue weighted by Crippen LogP contribution is 1.99. The molecule has 0 bridgehead atoms. The average molecular weight is 220 g/mol. The van der Waals surface area contributed by atoms with Crippen molar-refractivity contribution in [3.63, 3.8) is 0 Å². The molecule has 0 spiro atoms. The van der Waals surface area contributed by atoms with Crippen LogP contribution in [0, 0.1) is 6.92 Å². The highest BCUT2D eigenvalue weighted by molar-refractivity contribution is 7.80. The first kappa shape index (κ1) is 9.66. The Balaban J connectivity index is 2.37. The highest BCUT2D eigenvalue weighted by atomic mass is 32.1. The molecular weight excluding hydrogens is 212 g/mol. The van der Waals surface area contributed by atoms with Gasteiger partial charge in [0.25, 0.3) is 5.95 Å². The molecule has 0 aliphatic heterocycles. The molecule has 0 aromatic carbocycles. The van der Waals surface area contributed by atoms with Gasteiger partial charge in [-0.05, 0) is 12.5 Å². The van der Waals surface area contributed by atoms with Crippen molar-refractivity contribution in [1.82, 2.24) is 24.7 Å². The quantitative estimate of drug-likeness (QED) is 0.717. The summed E-state index contributed by atoms with van der Waals surface area (Å²) in [5.41, 5.74) is 6.36. The van der Waals surface area contributed by atoms with Gasteiger partial charge < -0.3 is 5.73 Å². The summed E-state index contributed by atoms with van der Waals surface area (Å²) in [4.78, 5) is 12.2. The molecule has 2 rings (SSSR count). The molecular formula is C8H8N6S. The van der Waals surface area contributed by atoms with Gasteiger partial charge in [0.15, 0.2) is 0 Å². The molecule has 6 nitrogen and oxygen atoms in total. The number of hydrogen-bond donors (Lipinski definition) is 1. The van der Waals surface area contributed by atoms with Gasteiger partial charge in [0.1, 0.15) is 11.3 Å². The first-order chi connectivity index (χ1) is 7.16. The summed E-state index contributed by atoms with van der Waals surface area (Å²) in [5, 5.41) is 4.02. The molecule has 7 heteroatoms. The van der Waals surface area contributed by atoms with Gasteiger partial charge in [-0.2, -0.15) is 4.68 Å². The second-order valence-corrected chi connectivity index (χ2v) is 3.38. The van der Waals surface area contributed by atoms with Crippen LogP contribution in [0.25, 0.3) is 5.95 Å². The van der Waals surface area contributed by atoms with E-state index in [2.05, 4.69) is 20.1 Å². The topological polar surface area (TPSA) is 82.5 Å². The maximum atomic E-state index is 5.38. The Kier molecular flexibility index (Phi) is 2.38. The van der Waals surface area contributed by atoms with E-state index in [1.807, 2.05) is 6.92 Å². The van der Waals surface area contributed by atoms with Crippen LogP contribution in [0.1, 0.15) is 11.4 Å². The zero-order valence-electron chi connectivity index (χ0n) is 7.95. The van der Waals surface area contributed by atoms with Crippen LogP contribution in [-0.2, 0) is 0 Å². The molecule has 76 valence electrons. The Labute approximate surface area is 91.2 Å². The fraction of sp³-hybridized carbons (Fsp3) is 0.125. The largest absolute Gasteiger partial charge is 0.387 e. The predicted molar refractivity (Wildman–Crippen MR) is 57.6 cm³/mol. The molecule has 0 radical (unpaired) electrons. The van der Waals surface area contributed by atoms with Crippen molar-refractivity contribution in [1.29, 1.82) is 0 Å². The predicted octanol–water partition coefficient (Wildman–Crippen LogP) is -0.0000800. The van der Waals surface area contributed by atoms with Crippen molar-refractivity contribution in [3.8, 4) is 5.95 Å². The van der Waals surface area contributed by atoms with Crippen LogP contribution in [0.2, 0.25) is 0 Å². The lowest BCUT2D eigenvalue weighted by molar-refractivity contribution is 0.801. The molecule has 0 aliphatic carbocycles. The van der Waals surface area contributed by atoms with Crippen LogP contribution in [-0.4, -0.2) is 29.7 Å². The van der Waals surface area contributed by atoms with E-state index in [1.54, 1.807) is 12.4 Å². The average Bonchev–Trinajstić information content (AvgIpc) is 2.68. The zero-order valence-corrected chi connectivity index (χ0v) is 8.77. The van der Waals surface area contributed by atoms with Crippen LogP contribution < -0.4 is 5.73 Å². The second-order valence-electron chi connectivity index (χ2n) is 2.94. The lowest BCUT2D eigenvalue weighted by Gasteiger charge is -1.97. The normalized spacial score (nSPS) is 10.2. The Morgan fingerprint density at radius 1 is 1.33 bits per heavy atom. The van der Waals surface area contributed by atoms with Gasteiger partial charge in [-0.15, -0.1) is 5.10 Å². The van der Waals surface area contributed by atoms with E-state index >= 15 is 0 Å². The minimum Gasteiger partial charge on any atom is -0.387 e. The molecule has 0 amide bonds. The molecule has 0 saturated heterocycles. The van der Waals surface area contributed by atoms with Crippen LogP contribution in [0.3, 0.4) is 0 Å². The third kappa shape index (κ3) is 1.96. The van der Waals surface area contributed by atoms with E-state index in [4.69, 9.17) is 18.0 Å². The SMILES string of the molecule is Cc1cnc(-n2cnc(C(N)=S)n2)nc1. The molecule has 0 aliphatic rings. The molecule has 2 aromatic rings. The number of aromatic nitrogens is 5. The van der Waals surface area contributed by atoms with E-state index in [0.717, 1.165) is 5.56 Å². The number of thiocarbonyl (C=S) groups is 1. The van der Waals surface area contributed by atoms with Crippen molar-refractivity contribution in [2.75, 3.05) is 0 Å². The van der Waals surface area contributed by atoms with E-state index < -0.39 is 0 Å². The summed E-state index contributed by atoms with van der Waals surface area (Å²) in [6, 6.07) is 0. The van der Waals surface area contributed by atoms with Gasteiger partial charge >= 0.3 is 0 Å². The van der Waals surface area contributed by atoms with Gasteiger partial charge in [0.2, 0.25) is 5.82 Å². The molecule has 2 heterocycles. The summed E-state index contributed by atoms with van der Waals surface area (Å²) in [6.07, 6.45) is 4.87. The fourth-order valence-corrected chi connectivity index (χ4v) is 1.07. The number of nitrogens with zero attached hydrogens (tertiary/aromatic N) is 5. The Hall–Kier alpha value is -1.89. The minimum absolute atomic E-state index is 0.154. The summed E-state index contributed by atoms with van der Waals surface area (Å²) in [7, 11) is 0. The van der Waals surface area contributed by atoms with Gasteiger partial charge in [-0.1, -0.05) is 12.2 Å². The number of nitrogens with two attached hydrogens (primary N) is 1. The Morgan fingerprint density at radius 3 is 2.53 bits per heavy atom. The highest BCUT2D eigenvalue weighted by Gasteiger charge is 2.06. The summed E-state index contributed by atoms with van der Waals surface area (Å²) < 4.78 is 1.42. The smallest absolute Gasteiger partial charge is 0.251 e. The number of rotatable bonds is 2. The van der Waals surface area contributed by atoms with Crippen LogP contribution in [0.15, 0.2) is 18.7 Å². The van der Waals surface area contributed by atoms with Crippen molar-refractivity contribution in [3.05, 3.63) is 30.1 Å². The Morgan fingerprint density at radius 2 is 2.00 bits per heavy atom. The zero-order chi connectivity index (χ0) is 10.8. The second kappa shape index (κ2) is 3.70. The molecule has 0 saturated carbocycles. The number of hydrogen-bond acceptors (Lipinski definition) is 5. The standard InChI is InChI=1S/C8H8N6S/c1-5-2-10-8(11-3-5)14-4-12-7(13-14)6(9)15/h2-4H,1H3,(H2,9,15). The van der Waals surface area contributed by atoms with E-state index in [0.29, 0.717) is 11.8 Å².